The van der Waals surface area contributed by atoms with Crippen LogP contribution < -0.4 is 5.32 Å². The molecule has 1 aromatic heterocycles. The summed E-state index contributed by atoms with van der Waals surface area (Å²) < 4.78 is 2.13. The SMILES string of the molecule is O=C(NC1CCCCC1)c1ccc(-c2nc3cccc4c3n2CCC4=O)cc1. The van der Waals surface area contributed by atoms with Crippen molar-refractivity contribution in [3.8, 4) is 11.4 Å². The average Bonchev–Trinajstić information content (AvgIpc) is 3.11. The minimum atomic E-state index is 0.000882. The number of aromatic nitrogens is 2. The van der Waals surface area contributed by atoms with Gasteiger partial charge in [0.15, 0.2) is 5.78 Å². The van der Waals surface area contributed by atoms with Gasteiger partial charge in [0.2, 0.25) is 0 Å². The van der Waals surface area contributed by atoms with Crippen molar-refractivity contribution in [1.29, 1.82) is 0 Å². The molecule has 0 spiro atoms. The van der Waals surface area contributed by atoms with Gasteiger partial charge in [-0.25, -0.2) is 4.98 Å². The number of amides is 1. The summed E-state index contributed by atoms with van der Waals surface area (Å²) in [6, 6.07) is 13.7. The first-order valence-electron chi connectivity index (χ1n) is 10.1. The molecule has 1 fully saturated rings. The smallest absolute Gasteiger partial charge is 0.251 e. The average molecular weight is 373 g/mol. The monoisotopic (exact) mass is 373 g/mol. The zero-order valence-electron chi connectivity index (χ0n) is 15.8. The summed E-state index contributed by atoms with van der Waals surface area (Å²) in [4.78, 5) is 29.5. The van der Waals surface area contributed by atoms with Gasteiger partial charge in [-0.2, -0.15) is 0 Å². The lowest BCUT2D eigenvalue weighted by Gasteiger charge is -2.22. The molecule has 0 radical (unpaired) electrons. The number of hydrogen-bond acceptors (Lipinski definition) is 3. The fourth-order valence-electron chi connectivity index (χ4n) is 4.48. The van der Waals surface area contributed by atoms with Crippen LogP contribution in [0.4, 0.5) is 0 Å². The summed E-state index contributed by atoms with van der Waals surface area (Å²) in [6.45, 7) is 0.644. The third-order valence-electron chi connectivity index (χ3n) is 5.98. The predicted molar refractivity (Wildman–Crippen MR) is 108 cm³/mol. The summed E-state index contributed by atoms with van der Waals surface area (Å²) >= 11 is 0. The second kappa shape index (κ2) is 6.89. The van der Waals surface area contributed by atoms with E-state index in [-0.39, 0.29) is 11.7 Å². The molecule has 3 aromatic rings. The van der Waals surface area contributed by atoms with E-state index >= 15 is 0 Å². The lowest BCUT2D eigenvalue weighted by Crippen LogP contribution is -2.36. The molecule has 28 heavy (non-hydrogen) atoms. The Bertz CT molecular complexity index is 1060. The molecule has 1 N–H and O–H groups in total. The van der Waals surface area contributed by atoms with Crippen LogP contribution in [0, 0.1) is 0 Å². The van der Waals surface area contributed by atoms with Crippen molar-refractivity contribution in [3.05, 3.63) is 53.6 Å². The molecule has 0 saturated heterocycles. The minimum Gasteiger partial charge on any atom is -0.349 e. The van der Waals surface area contributed by atoms with E-state index in [0.717, 1.165) is 40.8 Å². The molecule has 0 unspecified atom stereocenters. The van der Waals surface area contributed by atoms with Crippen molar-refractivity contribution in [1.82, 2.24) is 14.9 Å². The van der Waals surface area contributed by atoms with Gasteiger partial charge in [0.25, 0.3) is 5.91 Å². The van der Waals surface area contributed by atoms with Gasteiger partial charge in [0.1, 0.15) is 5.82 Å². The Morgan fingerprint density at radius 2 is 1.82 bits per heavy atom. The quantitative estimate of drug-likeness (QED) is 0.742. The third kappa shape index (κ3) is 2.91. The van der Waals surface area contributed by atoms with Crippen molar-refractivity contribution < 1.29 is 9.59 Å². The highest BCUT2D eigenvalue weighted by molar-refractivity contribution is 6.08. The number of ketones is 1. The molecule has 1 amide bonds. The van der Waals surface area contributed by atoms with Gasteiger partial charge in [-0.1, -0.05) is 37.5 Å². The van der Waals surface area contributed by atoms with Crippen LogP contribution in [0.5, 0.6) is 0 Å². The van der Waals surface area contributed by atoms with Crippen molar-refractivity contribution in [2.24, 2.45) is 0 Å². The number of imidazole rings is 1. The Morgan fingerprint density at radius 3 is 2.61 bits per heavy atom. The first-order chi connectivity index (χ1) is 13.7. The Balaban J connectivity index is 1.43. The summed E-state index contributed by atoms with van der Waals surface area (Å²) in [5, 5.41) is 3.16. The predicted octanol–water partition coefficient (Wildman–Crippen LogP) is 4.35. The number of rotatable bonds is 3. The minimum absolute atomic E-state index is 0.000882. The first-order valence-corrected chi connectivity index (χ1v) is 10.1. The summed E-state index contributed by atoms with van der Waals surface area (Å²) in [6.07, 6.45) is 6.33. The van der Waals surface area contributed by atoms with Crippen LogP contribution in [0.25, 0.3) is 22.4 Å². The third-order valence-corrected chi connectivity index (χ3v) is 5.98. The Labute approximate surface area is 163 Å². The van der Waals surface area contributed by atoms with E-state index in [0.29, 0.717) is 24.6 Å². The van der Waals surface area contributed by atoms with E-state index < -0.39 is 0 Å². The number of Topliss-reactive ketones (excluding diaryl/α,β-unsaturated/α-hetero) is 1. The van der Waals surface area contributed by atoms with Crippen LogP contribution in [0.15, 0.2) is 42.5 Å². The summed E-state index contributed by atoms with van der Waals surface area (Å²) in [5.41, 5.74) is 4.17. The number of carbonyl (C=O) groups is 2. The number of benzene rings is 2. The zero-order chi connectivity index (χ0) is 19.1. The molecular weight excluding hydrogens is 350 g/mol. The van der Waals surface area contributed by atoms with Crippen molar-refractivity contribution in [3.63, 3.8) is 0 Å². The Hall–Kier alpha value is -2.95. The van der Waals surface area contributed by atoms with Gasteiger partial charge in [-0.15, -0.1) is 0 Å². The number of para-hydroxylation sites is 1. The first kappa shape index (κ1) is 17.2. The Kier molecular flexibility index (Phi) is 4.23. The molecule has 0 atom stereocenters. The van der Waals surface area contributed by atoms with Crippen LogP contribution in [0.3, 0.4) is 0 Å². The molecule has 2 aliphatic rings. The molecule has 0 bridgehead atoms. The second-order valence-corrected chi connectivity index (χ2v) is 7.82. The normalized spacial score (nSPS) is 17.1. The molecule has 5 nitrogen and oxygen atoms in total. The van der Waals surface area contributed by atoms with E-state index in [1.165, 1.54) is 19.3 Å². The van der Waals surface area contributed by atoms with Gasteiger partial charge < -0.3 is 9.88 Å². The molecular formula is C23H23N3O2. The van der Waals surface area contributed by atoms with Crippen molar-refractivity contribution in [2.75, 3.05) is 0 Å². The lowest BCUT2D eigenvalue weighted by molar-refractivity contribution is 0.0926. The molecule has 5 rings (SSSR count). The molecule has 2 aromatic carbocycles. The Morgan fingerprint density at radius 1 is 1.04 bits per heavy atom. The molecule has 1 saturated carbocycles. The van der Waals surface area contributed by atoms with E-state index in [1.54, 1.807) is 0 Å². The highest BCUT2D eigenvalue weighted by Gasteiger charge is 2.23. The second-order valence-electron chi connectivity index (χ2n) is 7.82. The van der Waals surface area contributed by atoms with Gasteiger partial charge in [-0.05, 0) is 37.1 Å². The van der Waals surface area contributed by atoms with Crippen LogP contribution in [-0.2, 0) is 6.54 Å². The van der Waals surface area contributed by atoms with Crippen LogP contribution in [0.1, 0.15) is 59.2 Å². The topological polar surface area (TPSA) is 64.0 Å². The van der Waals surface area contributed by atoms with Crippen LogP contribution in [0.2, 0.25) is 0 Å². The molecule has 1 aliphatic carbocycles. The number of nitrogens with zero attached hydrogens (tertiary/aromatic N) is 2. The van der Waals surface area contributed by atoms with Gasteiger partial charge in [0, 0.05) is 35.7 Å². The molecule has 2 heterocycles. The summed E-state index contributed by atoms with van der Waals surface area (Å²) in [7, 11) is 0. The van der Waals surface area contributed by atoms with Gasteiger partial charge in [-0.3, -0.25) is 9.59 Å². The van der Waals surface area contributed by atoms with Crippen molar-refractivity contribution >= 4 is 22.7 Å². The van der Waals surface area contributed by atoms with Crippen molar-refractivity contribution in [2.45, 2.75) is 51.1 Å². The standard InChI is InChI=1S/C23H23N3O2/c27-20-13-14-26-21-18(20)7-4-8-19(21)25-22(26)15-9-11-16(12-10-15)23(28)24-17-5-2-1-3-6-17/h4,7-12,17H,1-3,5-6,13-14H2,(H,24,28). The maximum Gasteiger partial charge on any atom is 0.251 e. The van der Waals surface area contributed by atoms with E-state index in [2.05, 4.69) is 9.88 Å². The number of hydrogen-bond donors (Lipinski definition) is 1. The lowest BCUT2D eigenvalue weighted by atomic mass is 9.95. The van der Waals surface area contributed by atoms with E-state index in [4.69, 9.17) is 4.98 Å². The highest BCUT2D eigenvalue weighted by atomic mass is 16.1. The molecule has 5 heteroatoms. The van der Waals surface area contributed by atoms with Gasteiger partial charge in [0.05, 0.1) is 11.0 Å². The van der Waals surface area contributed by atoms with Crippen LogP contribution >= 0.6 is 0 Å². The highest BCUT2D eigenvalue weighted by Crippen LogP contribution is 2.31. The number of nitrogens with one attached hydrogen (secondary N) is 1. The summed E-state index contributed by atoms with van der Waals surface area (Å²) in [5.74, 6) is 1.04. The molecule has 142 valence electrons. The number of aryl methyl sites for hydroxylation is 1. The van der Waals surface area contributed by atoms with Gasteiger partial charge >= 0.3 is 0 Å². The largest absolute Gasteiger partial charge is 0.349 e. The fraction of sp³-hybridized carbons (Fsp3) is 0.348. The molecule has 1 aliphatic heterocycles. The maximum absolute atomic E-state index is 12.5. The maximum atomic E-state index is 12.5. The van der Waals surface area contributed by atoms with E-state index in [9.17, 15) is 9.59 Å². The fourth-order valence-corrected chi connectivity index (χ4v) is 4.48. The van der Waals surface area contributed by atoms with E-state index in [1.807, 2.05) is 42.5 Å². The number of carbonyl (C=O) groups excluding carboxylic acids is 2. The van der Waals surface area contributed by atoms with Crippen LogP contribution in [-0.4, -0.2) is 27.3 Å². The zero-order valence-corrected chi connectivity index (χ0v) is 15.8.